The lowest BCUT2D eigenvalue weighted by Gasteiger charge is -2.15. The van der Waals surface area contributed by atoms with Crippen molar-refractivity contribution in [1.82, 2.24) is 14.1 Å². The van der Waals surface area contributed by atoms with Gasteiger partial charge in [0.1, 0.15) is 0 Å². The van der Waals surface area contributed by atoms with Gasteiger partial charge >= 0.3 is 0 Å². The highest BCUT2D eigenvalue weighted by Crippen LogP contribution is 2.23. The summed E-state index contributed by atoms with van der Waals surface area (Å²) in [6, 6.07) is -0.0708. The fourth-order valence-electron chi connectivity index (χ4n) is 2.02. The molecule has 1 unspecified atom stereocenters. The van der Waals surface area contributed by atoms with Crippen LogP contribution in [0.4, 0.5) is 5.82 Å². The van der Waals surface area contributed by atoms with E-state index in [0.717, 1.165) is 19.3 Å². The van der Waals surface area contributed by atoms with Crippen molar-refractivity contribution in [1.29, 1.82) is 0 Å². The first kappa shape index (κ1) is 14.3. The van der Waals surface area contributed by atoms with Crippen LogP contribution in [0.15, 0.2) is 16.6 Å². The standard InChI is InChI=1S/C11H18N4O2S2/c1-3-5-8(4-2)14-19(16,17)10-9(12)13-11-15(10)6-7-18-11/h6-8,14H,3-5,12H2,1-2H3. The summed E-state index contributed by atoms with van der Waals surface area (Å²) in [4.78, 5) is 4.64. The first-order chi connectivity index (χ1) is 8.99. The molecule has 2 aromatic rings. The zero-order valence-electron chi connectivity index (χ0n) is 11.0. The summed E-state index contributed by atoms with van der Waals surface area (Å²) in [5.41, 5.74) is 5.73. The van der Waals surface area contributed by atoms with Crippen LogP contribution < -0.4 is 10.5 Å². The zero-order valence-corrected chi connectivity index (χ0v) is 12.6. The van der Waals surface area contributed by atoms with E-state index in [1.54, 1.807) is 11.6 Å². The fraction of sp³-hybridized carbons (Fsp3) is 0.545. The van der Waals surface area contributed by atoms with E-state index in [1.165, 1.54) is 15.7 Å². The summed E-state index contributed by atoms with van der Waals surface area (Å²) in [7, 11) is -3.65. The maximum absolute atomic E-state index is 12.4. The van der Waals surface area contributed by atoms with Gasteiger partial charge in [-0.1, -0.05) is 20.3 Å². The van der Waals surface area contributed by atoms with Gasteiger partial charge in [0, 0.05) is 17.6 Å². The summed E-state index contributed by atoms with van der Waals surface area (Å²) in [5.74, 6) is 0.0469. The molecule has 0 bridgehead atoms. The van der Waals surface area contributed by atoms with Crippen molar-refractivity contribution in [3.8, 4) is 0 Å². The number of aromatic nitrogens is 2. The molecule has 0 amide bonds. The van der Waals surface area contributed by atoms with Crippen molar-refractivity contribution in [2.45, 2.75) is 44.2 Å². The molecular weight excluding hydrogens is 284 g/mol. The Morgan fingerprint density at radius 3 is 2.89 bits per heavy atom. The van der Waals surface area contributed by atoms with E-state index in [2.05, 4.69) is 9.71 Å². The van der Waals surface area contributed by atoms with E-state index in [4.69, 9.17) is 5.73 Å². The second-order valence-corrected chi connectivity index (χ2v) is 6.88. The van der Waals surface area contributed by atoms with Gasteiger partial charge in [0.25, 0.3) is 10.0 Å². The Labute approximate surface area is 116 Å². The molecule has 8 heteroatoms. The average Bonchev–Trinajstić information content (AvgIpc) is 2.87. The summed E-state index contributed by atoms with van der Waals surface area (Å²) in [6.07, 6.45) is 4.15. The van der Waals surface area contributed by atoms with Gasteiger partial charge in [-0.2, -0.15) is 0 Å². The van der Waals surface area contributed by atoms with Crippen LogP contribution >= 0.6 is 11.3 Å². The van der Waals surface area contributed by atoms with Crippen LogP contribution in [-0.4, -0.2) is 23.8 Å². The Bertz CT molecular complexity index is 659. The lowest BCUT2D eigenvalue weighted by Crippen LogP contribution is -2.35. The molecule has 3 N–H and O–H groups in total. The number of sulfonamides is 1. The van der Waals surface area contributed by atoms with Crippen LogP contribution in [0.3, 0.4) is 0 Å². The smallest absolute Gasteiger partial charge is 0.260 e. The molecule has 0 aliphatic heterocycles. The molecule has 0 saturated carbocycles. The predicted octanol–water partition coefficient (Wildman–Crippen LogP) is 1.84. The normalized spacial score (nSPS) is 14.0. The van der Waals surface area contributed by atoms with Gasteiger partial charge in [-0.25, -0.2) is 18.1 Å². The molecule has 0 fully saturated rings. The minimum absolute atomic E-state index is 0.0401. The van der Waals surface area contributed by atoms with E-state index in [0.29, 0.717) is 4.96 Å². The molecule has 106 valence electrons. The third-order valence-electron chi connectivity index (χ3n) is 2.95. The molecular formula is C11H18N4O2S2. The molecule has 2 heterocycles. The summed E-state index contributed by atoms with van der Waals surface area (Å²) in [5, 5.41) is 1.82. The van der Waals surface area contributed by atoms with E-state index in [1.807, 2.05) is 13.8 Å². The Balaban J connectivity index is 2.38. The minimum Gasteiger partial charge on any atom is -0.381 e. The lowest BCUT2D eigenvalue weighted by molar-refractivity contribution is 0.510. The number of nitrogens with zero attached hydrogens (tertiary/aromatic N) is 2. The minimum atomic E-state index is -3.65. The molecule has 2 aromatic heterocycles. The van der Waals surface area contributed by atoms with Gasteiger partial charge < -0.3 is 5.73 Å². The highest BCUT2D eigenvalue weighted by atomic mass is 32.2. The van der Waals surface area contributed by atoms with Gasteiger partial charge in [-0.3, -0.25) is 4.40 Å². The number of anilines is 1. The molecule has 0 radical (unpaired) electrons. The van der Waals surface area contributed by atoms with Crippen molar-refractivity contribution in [2.75, 3.05) is 5.73 Å². The molecule has 0 saturated heterocycles. The number of fused-ring (bicyclic) bond motifs is 1. The van der Waals surface area contributed by atoms with Gasteiger partial charge in [-0.15, -0.1) is 11.3 Å². The Hall–Kier alpha value is -1.12. The number of nitrogen functional groups attached to an aromatic ring is 1. The lowest BCUT2D eigenvalue weighted by atomic mass is 10.1. The molecule has 0 spiro atoms. The SMILES string of the molecule is CCCC(CC)NS(=O)(=O)c1c(N)nc2sccn12. The average molecular weight is 302 g/mol. The van der Waals surface area contributed by atoms with Crippen molar-refractivity contribution >= 4 is 32.1 Å². The zero-order chi connectivity index (χ0) is 14.0. The maximum atomic E-state index is 12.4. The second-order valence-electron chi connectivity index (χ2n) is 4.37. The number of hydrogen-bond acceptors (Lipinski definition) is 5. The number of nitrogens with two attached hydrogens (primary N) is 1. The molecule has 0 aliphatic rings. The van der Waals surface area contributed by atoms with Crippen molar-refractivity contribution in [3.05, 3.63) is 11.6 Å². The first-order valence-corrected chi connectivity index (χ1v) is 8.59. The monoisotopic (exact) mass is 302 g/mol. The number of thiazole rings is 1. The van der Waals surface area contributed by atoms with E-state index < -0.39 is 10.0 Å². The van der Waals surface area contributed by atoms with Crippen molar-refractivity contribution < 1.29 is 8.42 Å². The van der Waals surface area contributed by atoms with Crippen LogP contribution in [0.1, 0.15) is 33.1 Å². The van der Waals surface area contributed by atoms with Crippen molar-refractivity contribution in [2.24, 2.45) is 0 Å². The summed E-state index contributed by atoms with van der Waals surface area (Å²) >= 11 is 1.35. The van der Waals surface area contributed by atoms with Crippen LogP contribution in [0.2, 0.25) is 0 Å². The quantitative estimate of drug-likeness (QED) is 0.852. The molecule has 0 aromatic carbocycles. The van der Waals surface area contributed by atoms with Crippen LogP contribution in [0, 0.1) is 0 Å². The topological polar surface area (TPSA) is 89.5 Å². The summed E-state index contributed by atoms with van der Waals surface area (Å²) < 4.78 is 29.1. The van der Waals surface area contributed by atoms with Crippen LogP contribution in [0.25, 0.3) is 4.96 Å². The highest BCUT2D eigenvalue weighted by molar-refractivity contribution is 7.89. The predicted molar refractivity (Wildman–Crippen MR) is 76.8 cm³/mol. The van der Waals surface area contributed by atoms with E-state index in [-0.39, 0.29) is 16.9 Å². The second kappa shape index (κ2) is 5.48. The number of rotatable bonds is 6. The van der Waals surface area contributed by atoms with Crippen molar-refractivity contribution in [3.63, 3.8) is 0 Å². The van der Waals surface area contributed by atoms with Gasteiger partial charge in [0.2, 0.25) is 0 Å². The fourth-order valence-corrected chi connectivity index (χ4v) is 4.36. The number of imidazole rings is 1. The van der Waals surface area contributed by atoms with E-state index in [9.17, 15) is 8.42 Å². The Morgan fingerprint density at radius 2 is 2.26 bits per heavy atom. The van der Waals surface area contributed by atoms with Crippen LogP contribution in [0.5, 0.6) is 0 Å². The third-order valence-corrected chi connectivity index (χ3v) is 5.26. The largest absolute Gasteiger partial charge is 0.381 e. The third kappa shape index (κ3) is 2.75. The highest BCUT2D eigenvalue weighted by Gasteiger charge is 2.26. The number of hydrogen-bond donors (Lipinski definition) is 2. The molecule has 2 rings (SSSR count). The molecule has 1 atom stereocenters. The maximum Gasteiger partial charge on any atom is 0.260 e. The molecule has 6 nitrogen and oxygen atoms in total. The van der Waals surface area contributed by atoms with E-state index >= 15 is 0 Å². The Kier molecular flexibility index (Phi) is 4.12. The molecule has 19 heavy (non-hydrogen) atoms. The van der Waals surface area contributed by atoms with Gasteiger partial charge in [0.15, 0.2) is 15.8 Å². The number of nitrogens with one attached hydrogen (secondary N) is 1. The molecule has 0 aliphatic carbocycles. The van der Waals surface area contributed by atoms with Gasteiger partial charge in [0.05, 0.1) is 0 Å². The first-order valence-electron chi connectivity index (χ1n) is 6.23. The van der Waals surface area contributed by atoms with Gasteiger partial charge in [-0.05, 0) is 12.8 Å². The van der Waals surface area contributed by atoms with Crippen LogP contribution in [-0.2, 0) is 10.0 Å². The Morgan fingerprint density at radius 1 is 1.53 bits per heavy atom. The summed E-state index contributed by atoms with van der Waals surface area (Å²) in [6.45, 7) is 3.99.